The molecule has 3 amide bonds. The number of fused-ring (bicyclic) bond motifs is 1. The van der Waals surface area contributed by atoms with Crippen LogP contribution in [0.1, 0.15) is 33.4 Å². The van der Waals surface area contributed by atoms with Gasteiger partial charge >= 0.3 is 0 Å². The molecule has 0 radical (unpaired) electrons. The van der Waals surface area contributed by atoms with Crippen molar-refractivity contribution < 1.29 is 18.8 Å². The van der Waals surface area contributed by atoms with E-state index in [0.29, 0.717) is 43.1 Å². The molecule has 8 heteroatoms. The van der Waals surface area contributed by atoms with Gasteiger partial charge in [0.1, 0.15) is 12.0 Å². The molecule has 0 aliphatic carbocycles. The molecule has 2 aromatic rings. The van der Waals surface area contributed by atoms with Crippen LogP contribution in [0.2, 0.25) is 0 Å². The average molecular weight is 396 g/mol. The molecule has 0 atom stereocenters. The number of amides is 3. The van der Waals surface area contributed by atoms with Crippen molar-refractivity contribution in [2.24, 2.45) is 0 Å². The number of hydrogen-bond acceptors (Lipinski definition) is 5. The Morgan fingerprint density at radius 1 is 1.03 bits per heavy atom. The van der Waals surface area contributed by atoms with Gasteiger partial charge in [-0.2, -0.15) is 0 Å². The first-order chi connectivity index (χ1) is 13.9. The predicted octanol–water partition coefficient (Wildman–Crippen LogP) is 1.83. The van der Waals surface area contributed by atoms with Gasteiger partial charge in [0, 0.05) is 64.5 Å². The Morgan fingerprint density at radius 2 is 1.72 bits per heavy atom. The van der Waals surface area contributed by atoms with Crippen molar-refractivity contribution in [3.05, 3.63) is 47.4 Å². The van der Waals surface area contributed by atoms with Crippen LogP contribution in [0.25, 0.3) is 0 Å². The van der Waals surface area contributed by atoms with Crippen molar-refractivity contribution in [2.45, 2.75) is 13.3 Å². The number of nitrogens with zero attached hydrogens (tertiary/aromatic N) is 3. The fraction of sp³-hybridized carbons (Fsp3) is 0.381. The van der Waals surface area contributed by atoms with Gasteiger partial charge in [0.2, 0.25) is 5.91 Å². The minimum Gasteiger partial charge on any atom is -0.468 e. The fourth-order valence-corrected chi connectivity index (χ4v) is 3.78. The predicted molar refractivity (Wildman–Crippen MR) is 108 cm³/mol. The number of rotatable bonds is 3. The molecular formula is C21H24N4O4. The Labute approximate surface area is 169 Å². The lowest BCUT2D eigenvalue weighted by Crippen LogP contribution is -2.48. The standard InChI is InChI=1S/C21H24N4O4/c1-14(26)24-9-11-25(12-10-24)16-5-3-15(4-6-16)22-20(27)17-13-29-18-7-8-23(2)21(28)19(17)18/h3-6,13H,7-12H2,1-2H3,(H,22,27). The van der Waals surface area contributed by atoms with Crippen LogP contribution in [-0.4, -0.2) is 67.3 Å². The molecule has 152 valence electrons. The number of carbonyl (C=O) groups is 3. The Balaban J connectivity index is 1.42. The van der Waals surface area contributed by atoms with Gasteiger partial charge in [0.05, 0.1) is 11.1 Å². The zero-order chi connectivity index (χ0) is 20.5. The van der Waals surface area contributed by atoms with Gasteiger partial charge in [-0.1, -0.05) is 0 Å². The van der Waals surface area contributed by atoms with Crippen LogP contribution in [0, 0.1) is 0 Å². The first-order valence-electron chi connectivity index (χ1n) is 9.71. The summed E-state index contributed by atoms with van der Waals surface area (Å²) < 4.78 is 5.45. The van der Waals surface area contributed by atoms with Crippen molar-refractivity contribution in [2.75, 3.05) is 50.0 Å². The highest BCUT2D eigenvalue weighted by atomic mass is 16.3. The lowest BCUT2D eigenvalue weighted by atomic mass is 10.0. The van der Waals surface area contributed by atoms with Crippen LogP contribution >= 0.6 is 0 Å². The molecule has 0 spiro atoms. The molecule has 1 saturated heterocycles. The first kappa shape index (κ1) is 19.0. The van der Waals surface area contributed by atoms with E-state index in [1.165, 1.54) is 6.26 Å². The number of anilines is 2. The maximum absolute atomic E-state index is 12.7. The maximum Gasteiger partial charge on any atom is 0.259 e. The molecule has 0 unspecified atom stereocenters. The third-order valence-electron chi connectivity index (χ3n) is 5.56. The average Bonchev–Trinajstić information content (AvgIpc) is 3.16. The molecule has 8 nitrogen and oxygen atoms in total. The third-order valence-corrected chi connectivity index (χ3v) is 5.56. The summed E-state index contributed by atoms with van der Waals surface area (Å²) in [4.78, 5) is 42.2. The molecule has 1 N–H and O–H groups in total. The van der Waals surface area contributed by atoms with E-state index in [-0.39, 0.29) is 23.3 Å². The number of carbonyl (C=O) groups excluding carboxylic acids is 3. The van der Waals surface area contributed by atoms with Crippen LogP contribution < -0.4 is 10.2 Å². The number of hydrogen-bond donors (Lipinski definition) is 1. The Hall–Kier alpha value is -3.29. The molecule has 2 aliphatic rings. The Morgan fingerprint density at radius 3 is 2.38 bits per heavy atom. The monoisotopic (exact) mass is 396 g/mol. The van der Waals surface area contributed by atoms with Crippen molar-refractivity contribution in [3.8, 4) is 0 Å². The first-order valence-corrected chi connectivity index (χ1v) is 9.71. The zero-order valence-corrected chi connectivity index (χ0v) is 16.6. The topological polar surface area (TPSA) is 86.1 Å². The maximum atomic E-state index is 12.7. The van der Waals surface area contributed by atoms with Crippen LogP contribution in [0.4, 0.5) is 11.4 Å². The second-order valence-corrected chi connectivity index (χ2v) is 7.42. The van der Waals surface area contributed by atoms with E-state index in [1.54, 1.807) is 18.9 Å². The van der Waals surface area contributed by atoms with E-state index in [4.69, 9.17) is 4.42 Å². The van der Waals surface area contributed by atoms with Gasteiger partial charge in [0.15, 0.2) is 0 Å². The molecule has 4 rings (SSSR count). The number of likely N-dealkylation sites (N-methyl/N-ethyl adjacent to an activating group) is 1. The van der Waals surface area contributed by atoms with E-state index in [2.05, 4.69) is 10.2 Å². The Kier molecular flexibility index (Phi) is 5.00. The lowest BCUT2D eigenvalue weighted by molar-refractivity contribution is -0.129. The van der Waals surface area contributed by atoms with E-state index >= 15 is 0 Å². The number of benzene rings is 1. The molecule has 1 aromatic carbocycles. The van der Waals surface area contributed by atoms with Crippen LogP contribution in [0.5, 0.6) is 0 Å². The molecule has 1 aromatic heterocycles. The number of piperazine rings is 1. The zero-order valence-electron chi connectivity index (χ0n) is 16.6. The third kappa shape index (κ3) is 3.70. The molecule has 1 fully saturated rings. The molecule has 0 saturated carbocycles. The van der Waals surface area contributed by atoms with Crippen LogP contribution in [0.3, 0.4) is 0 Å². The van der Waals surface area contributed by atoms with Gasteiger partial charge in [0.25, 0.3) is 11.8 Å². The molecular weight excluding hydrogens is 372 g/mol. The fourth-order valence-electron chi connectivity index (χ4n) is 3.78. The van der Waals surface area contributed by atoms with Crippen LogP contribution in [-0.2, 0) is 11.2 Å². The molecule has 2 aliphatic heterocycles. The van der Waals surface area contributed by atoms with E-state index in [0.717, 1.165) is 18.8 Å². The largest absolute Gasteiger partial charge is 0.468 e. The summed E-state index contributed by atoms with van der Waals surface area (Å²) in [5, 5.41) is 2.84. The molecule has 3 heterocycles. The minimum atomic E-state index is -0.360. The summed E-state index contributed by atoms with van der Waals surface area (Å²) in [6.45, 7) is 5.16. The summed E-state index contributed by atoms with van der Waals surface area (Å²) in [6, 6.07) is 7.57. The van der Waals surface area contributed by atoms with E-state index < -0.39 is 0 Å². The minimum absolute atomic E-state index is 0.105. The second kappa shape index (κ2) is 7.62. The summed E-state index contributed by atoms with van der Waals surface area (Å²) in [5.74, 6) is 0.124. The number of nitrogens with one attached hydrogen (secondary N) is 1. The normalized spacial score (nSPS) is 16.6. The van der Waals surface area contributed by atoms with Gasteiger partial charge in [-0.15, -0.1) is 0 Å². The summed E-state index contributed by atoms with van der Waals surface area (Å²) in [7, 11) is 1.72. The highest BCUT2D eigenvalue weighted by Crippen LogP contribution is 2.25. The second-order valence-electron chi connectivity index (χ2n) is 7.42. The molecule has 0 bridgehead atoms. The smallest absolute Gasteiger partial charge is 0.259 e. The van der Waals surface area contributed by atoms with Crippen molar-refractivity contribution in [3.63, 3.8) is 0 Å². The number of furan rings is 1. The quantitative estimate of drug-likeness (QED) is 0.856. The van der Waals surface area contributed by atoms with Crippen molar-refractivity contribution in [1.29, 1.82) is 0 Å². The Bertz CT molecular complexity index is 942. The van der Waals surface area contributed by atoms with Gasteiger partial charge in [-0.05, 0) is 24.3 Å². The van der Waals surface area contributed by atoms with Crippen LogP contribution in [0.15, 0.2) is 34.9 Å². The molecule has 29 heavy (non-hydrogen) atoms. The summed E-state index contributed by atoms with van der Waals surface area (Å²) in [5.41, 5.74) is 2.31. The van der Waals surface area contributed by atoms with Crippen molar-refractivity contribution in [1.82, 2.24) is 9.80 Å². The van der Waals surface area contributed by atoms with Crippen molar-refractivity contribution >= 4 is 29.1 Å². The van der Waals surface area contributed by atoms with Gasteiger partial charge in [-0.3, -0.25) is 14.4 Å². The highest BCUT2D eigenvalue weighted by Gasteiger charge is 2.30. The SMILES string of the molecule is CC(=O)N1CCN(c2ccc(NC(=O)c3coc4c3C(=O)N(C)CC4)cc2)CC1. The van der Waals surface area contributed by atoms with E-state index in [1.807, 2.05) is 29.2 Å². The summed E-state index contributed by atoms with van der Waals surface area (Å²) in [6.07, 6.45) is 1.97. The van der Waals surface area contributed by atoms with Gasteiger partial charge in [-0.25, -0.2) is 0 Å². The highest BCUT2D eigenvalue weighted by molar-refractivity contribution is 6.12. The van der Waals surface area contributed by atoms with Gasteiger partial charge < -0.3 is 24.4 Å². The van der Waals surface area contributed by atoms with E-state index in [9.17, 15) is 14.4 Å². The summed E-state index contributed by atoms with van der Waals surface area (Å²) >= 11 is 0. The lowest BCUT2D eigenvalue weighted by Gasteiger charge is -2.35.